The molecule has 0 unspecified atom stereocenters. The molecule has 3 aliphatic rings. The summed E-state index contributed by atoms with van der Waals surface area (Å²) in [6.45, 7) is 5.06. The first kappa shape index (κ1) is 24.3. The number of hydrogen-bond acceptors (Lipinski definition) is 7. The Bertz CT molecular complexity index is 786. The molecule has 4 rings (SSSR count). The molecule has 0 bridgehead atoms. The van der Waals surface area contributed by atoms with Crippen molar-refractivity contribution in [1.29, 1.82) is 0 Å². The zero-order valence-corrected chi connectivity index (χ0v) is 17.7. The molecule has 178 valence electrons. The molecule has 1 aromatic heterocycles. The number of amides is 1. The van der Waals surface area contributed by atoms with Gasteiger partial charge in [0.2, 0.25) is 5.91 Å². The number of carbonyl (C=O) groups is 2. The van der Waals surface area contributed by atoms with Gasteiger partial charge in [-0.15, -0.1) is 0 Å². The highest BCUT2D eigenvalue weighted by molar-refractivity contribution is 5.81. The first-order chi connectivity index (χ1) is 15.1. The zero-order valence-electron chi connectivity index (χ0n) is 17.7. The summed E-state index contributed by atoms with van der Waals surface area (Å²) in [4.78, 5) is 32.4. The first-order valence-electron chi connectivity index (χ1n) is 10.5. The van der Waals surface area contributed by atoms with Gasteiger partial charge in [0, 0.05) is 44.5 Å². The van der Waals surface area contributed by atoms with E-state index < -0.39 is 12.1 Å². The van der Waals surface area contributed by atoms with Gasteiger partial charge in [-0.1, -0.05) is 0 Å². The molecule has 3 saturated heterocycles. The van der Waals surface area contributed by atoms with Gasteiger partial charge >= 0.3 is 12.1 Å². The minimum atomic E-state index is -5.08. The van der Waals surface area contributed by atoms with Crippen molar-refractivity contribution >= 4 is 11.9 Å². The lowest BCUT2D eigenvalue weighted by atomic mass is 10.0. The van der Waals surface area contributed by atoms with Gasteiger partial charge in [-0.3, -0.25) is 19.7 Å². The summed E-state index contributed by atoms with van der Waals surface area (Å²) in [6.07, 6.45) is 2.16. The van der Waals surface area contributed by atoms with Gasteiger partial charge in [0.1, 0.15) is 6.10 Å². The monoisotopic (exact) mass is 460 g/mol. The molecule has 1 aromatic rings. The van der Waals surface area contributed by atoms with E-state index in [0.29, 0.717) is 18.6 Å². The highest BCUT2D eigenvalue weighted by Crippen LogP contribution is 2.36. The molecule has 0 spiro atoms. The Balaban J connectivity index is 0.000000360. The Hall–Kier alpha value is -2.31. The third-order valence-electron chi connectivity index (χ3n) is 5.79. The van der Waals surface area contributed by atoms with Crippen LogP contribution in [0.2, 0.25) is 0 Å². The predicted molar refractivity (Wildman–Crippen MR) is 105 cm³/mol. The molecule has 1 amide bonds. The van der Waals surface area contributed by atoms with Crippen LogP contribution >= 0.6 is 0 Å². The van der Waals surface area contributed by atoms with Crippen molar-refractivity contribution in [3.8, 4) is 0 Å². The largest absolute Gasteiger partial charge is 0.490 e. The Kier molecular flexibility index (Phi) is 8.01. The molecule has 9 nitrogen and oxygen atoms in total. The van der Waals surface area contributed by atoms with Gasteiger partial charge in [-0.05, 0) is 26.2 Å². The molecule has 12 heteroatoms. The smallest absolute Gasteiger partial charge is 0.475 e. The summed E-state index contributed by atoms with van der Waals surface area (Å²) in [7, 11) is 0. The SMILES string of the molecule is Cc1cnc(CNC(=O)[C@@H]2C[C@H]3[C@H](CCN3C3CCOCC3)O2)cn1.O=C(O)C(F)(F)F. The van der Waals surface area contributed by atoms with E-state index in [-0.39, 0.29) is 18.1 Å². The van der Waals surface area contributed by atoms with Crippen molar-refractivity contribution < 1.29 is 37.3 Å². The molecule has 0 saturated carbocycles. The molecule has 3 atom stereocenters. The normalized spacial score (nSPS) is 26.2. The number of halogens is 3. The van der Waals surface area contributed by atoms with Gasteiger partial charge in [-0.2, -0.15) is 13.2 Å². The number of carboxylic acids is 1. The van der Waals surface area contributed by atoms with Gasteiger partial charge in [0.15, 0.2) is 0 Å². The van der Waals surface area contributed by atoms with Crippen LogP contribution in [-0.4, -0.2) is 82.1 Å². The van der Waals surface area contributed by atoms with E-state index in [1.807, 2.05) is 6.92 Å². The summed E-state index contributed by atoms with van der Waals surface area (Å²) in [6, 6.07) is 0.954. The lowest BCUT2D eigenvalue weighted by molar-refractivity contribution is -0.192. The molecule has 3 fully saturated rings. The highest BCUT2D eigenvalue weighted by atomic mass is 19.4. The van der Waals surface area contributed by atoms with E-state index in [2.05, 4.69) is 20.2 Å². The first-order valence-corrected chi connectivity index (χ1v) is 10.5. The van der Waals surface area contributed by atoms with Crippen molar-refractivity contribution in [1.82, 2.24) is 20.2 Å². The number of fused-ring (bicyclic) bond motifs is 1. The number of aliphatic carboxylic acids is 1. The second-order valence-electron chi connectivity index (χ2n) is 8.01. The van der Waals surface area contributed by atoms with Gasteiger partial charge in [0.25, 0.3) is 0 Å². The van der Waals surface area contributed by atoms with Crippen molar-refractivity contribution in [2.75, 3.05) is 19.8 Å². The number of ether oxygens (including phenoxy) is 2. The Morgan fingerprint density at radius 2 is 1.91 bits per heavy atom. The molecule has 0 radical (unpaired) electrons. The van der Waals surface area contributed by atoms with E-state index in [9.17, 15) is 18.0 Å². The molecule has 0 aromatic carbocycles. The summed E-state index contributed by atoms with van der Waals surface area (Å²) in [5.41, 5.74) is 1.64. The van der Waals surface area contributed by atoms with E-state index in [1.165, 1.54) is 0 Å². The van der Waals surface area contributed by atoms with Crippen LogP contribution in [0.25, 0.3) is 0 Å². The number of carbonyl (C=O) groups excluding carboxylic acids is 1. The van der Waals surface area contributed by atoms with E-state index in [4.69, 9.17) is 19.4 Å². The van der Waals surface area contributed by atoms with Crippen LogP contribution < -0.4 is 5.32 Å². The van der Waals surface area contributed by atoms with Crippen molar-refractivity contribution in [3.63, 3.8) is 0 Å². The molecule has 3 aliphatic heterocycles. The number of alkyl halides is 3. The number of nitrogens with zero attached hydrogens (tertiary/aromatic N) is 3. The fraction of sp³-hybridized carbons (Fsp3) is 0.700. The second kappa shape index (κ2) is 10.5. The standard InChI is InChI=1S/C18H26N4O3.C2HF3O2/c1-12-9-20-13(10-19-12)11-21-18(23)17-8-15-16(25-17)2-5-22(15)14-3-6-24-7-4-14;3-2(4,5)1(6)7/h9-10,14-17H,2-8,11H2,1H3,(H,21,23);(H,6,7)/t15-,16-,17-;/m0./s1. The molecule has 0 aliphatic carbocycles. The molecule has 32 heavy (non-hydrogen) atoms. The van der Waals surface area contributed by atoms with Crippen LogP contribution in [0.3, 0.4) is 0 Å². The van der Waals surface area contributed by atoms with E-state index in [1.54, 1.807) is 12.4 Å². The lowest BCUT2D eigenvalue weighted by Crippen LogP contribution is -2.44. The summed E-state index contributed by atoms with van der Waals surface area (Å²) in [5, 5.41) is 10.1. The average molecular weight is 460 g/mol. The number of likely N-dealkylation sites (tertiary alicyclic amines) is 1. The van der Waals surface area contributed by atoms with E-state index >= 15 is 0 Å². The van der Waals surface area contributed by atoms with Crippen molar-refractivity contribution in [2.24, 2.45) is 0 Å². The quantitative estimate of drug-likeness (QED) is 0.694. The molecule has 4 heterocycles. The minimum absolute atomic E-state index is 0.0382. The van der Waals surface area contributed by atoms with Gasteiger partial charge in [0.05, 0.1) is 30.2 Å². The number of aromatic nitrogens is 2. The zero-order chi connectivity index (χ0) is 23.3. The predicted octanol–water partition coefficient (Wildman–Crippen LogP) is 1.45. The number of carboxylic acid groups (broad SMARTS) is 1. The number of hydrogen-bond donors (Lipinski definition) is 2. The van der Waals surface area contributed by atoms with Gasteiger partial charge < -0.3 is 19.9 Å². The minimum Gasteiger partial charge on any atom is -0.475 e. The Labute approximate surface area is 183 Å². The number of aryl methyl sites for hydroxylation is 1. The molecular weight excluding hydrogens is 433 g/mol. The maximum Gasteiger partial charge on any atom is 0.490 e. The fourth-order valence-corrected chi connectivity index (χ4v) is 4.22. The van der Waals surface area contributed by atoms with Crippen molar-refractivity contribution in [3.05, 3.63) is 23.8 Å². The third-order valence-corrected chi connectivity index (χ3v) is 5.79. The fourth-order valence-electron chi connectivity index (χ4n) is 4.22. The van der Waals surface area contributed by atoms with Crippen LogP contribution in [-0.2, 0) is 25.6 Å². The van der Waals surface area contributed by atoms with E-state index in [0.717, 1.165) is 56.8 Å². The molecule has 2 N–H and O–H groups in total. The summed E-state index contributed by atoms with van der Waals surface area (Å²) >= 11 is 0. The maximum atomic E-state index is 12.5. The second-order valence-corrected chi connectivity index (χ2v) is 8.01. The summed E-state index contributed by atoms with van der Waals surface area (Å²) < 4.78 is 43.3. The lowest BCUT2D eigenvalue weighted by Gasteiger charge is -2.34. The van der Waals surface area contributed by atoms with Gasteiger partial charge in [-0.25, -0.2) is 4.79 Å². The van der Waals surface area contributed by atoms with Crippen LogP contribution in [0.1, 0.15) is 37.1 Å². The third kappa shape index (κ3) is 6.36. The maximum absolute atomic E-state index is 12.5. The van der Waals surface area contributed by atoms with Crippen molar-refractivity contribution in [2.45, 2.75) is 69.6 Å². The number of rotatable bonds is 4. The van der Waals surface area contributed by atoms with Crippen LogP contribution in [0.15, 0.2) is 12.4 Å². The average Bonchev–Trinajstić information content (AvgIpc) is 3.34. The number of nitrogens with one attached hydrogen (secondary N) is 1. The summed E-state index contributed by atoms with van der Waals surface area (Å²) in [5.74, 6) is -2.80. The topological polar surface area (TPSA) is 114 Å². The van der Waals surface area contributed by atoms with Crippen LogP contribution in [0, 0.1) is 6.92 Å². The van der Waals surface area contributed by atoms with Crippen LogP contribution in [0.5, 0.6) is 0 Å². The Morgan fingerprint density at radius 1 is 1.22 bits per heavy atom. The molecular formula is C20H27F3N4O5. The Morgan fingerprint density at radius 3 is 2.50 bits per heavy atom. The highest BCUT2D eigenvalue weighted by Gasteiger charge is 2.47. The van der Waals surface area contributed by atoms with Crippen LogP contribution in [0.4, 0.5) is 13.2 Å².